The second-order valence-electron chi connectivity index (χ2n) is 4.52. The summed E-state index contributed by atoms with van der Waals surface area (Å²) in [4.78, 5) is 16.0. The molecule has 0 aliphatic rings. The molecule has 1 heterocycles. The maximum absolute atomic E-state index is 11.7. The van der Waals surface area contributed by atoms with Crippen molar-refractivity contribution in [3.8, 4) is 6.07 Å². The van der Waals surface area contributed by atoms with Crippen molar-refractivity contribution in [3.05, 3.63) is 23.4 Å². The Hall–Kier alpha value is -2.09. The number of anilines is 1. The van der Waals surface area contributed by atoms with Crippen molar-refractivity contribution in [1.82, 2.24) is 10.3 Å². The molecule has 0 aliphatic heterocycles. The summed E-state index contributed by atoms with van der Waals surface area (Å²) in [5, 5.41) is 14.7. The van der Waals surface area contributed by atoms with E-state index >= 15 is 0 Å². The Bertz CT molecular complexity index is 476. The predicted octanol–water partition coefficient (Wildman–Crippen LogP) is 1.59. The number of nitrogens with one attached hydrogen (secondary N) is 2. The lowest BCUT2D eigenvalue weighted by molar-refractivity contribution is -0.122. The molecule has 0 spiro atoms. The molecule has 1 amide bonds. The van der Waals surface area contributed by atoms with Crippen LogP contribution < -0.4 is 10.6 Å². The lowest BCUT2D eigenvalue weighted by atomic mass is 10.2. The summed E-state index contributed by atoms with van der Waals surface area (Å²) < 4.78 is 0. The number of hydrogen-bond donors (Lipinski definition) is 2. The lowest BCUT2D eigenvalue weighted by Gasteiger charge is -2.16. The molecule has 1 atom stereocenters. The van der Waals surface area contributed by atoms with Gasteiger partial charge >= 0.3 is 0 Å². The maximum Gasteiger partial charge on any atom is 0.242 e. The van der Waals surface area contributed by atoms with Gasteiger partial charge in [0.2, 0.25) is 5.91 Å². The summed E-state index contributed by atoms with van der Waals surface area (Å²) in [6.45, 7) is 7.38. The van der Waals surface area contributed by atoms with Crippen molar-refractivity contribution in [2.45, 2.75) is 39.8 Å². The van der Waals surface area contributed by atoms with Gasteiger partial charge in [-0.2, -0.15) is 5.26 Å². The minimum Gasteiger partial charge on any atom is -0.359 e. The second-order valence-corrected chi connectivity index (χ2v) is 4.52. The fourth-order valence-electron chi connectivity index (χ4n) is 1.50. The van der Waals surface area contributed by atoms with Crippen molar-refractivity contribution in [3.63, 3.8) is 0 Å². The van der Waals surface area contributed by atoms with Crippen molar-refractivity contribution >= 4 is 11.7 Å². The summed E-state index contributed by atoms with van der Waals surface area (Å²) in [6, 6.07) is 5.10. The molecular weight excluding hydrogens is 228 g/mol. The SMILES string of the molecule is Cc1cc(C#N)cc(NC(C)C(=O)NC(C)C)n1. The Balaban J connectivity index is 2.76. The number of aryl methyl sites for hydroxylation is 1. The van der Waals surface area contributed by atoms with Crippen LogP contribution in [0.2, 0.25) is 0 Å². The number of carbonyl (C=O) groups is 1. The molecule has 1 unspecified atom stereocenters. The van der Waals surface area contributed by atoms with Crippen molar-refractivity contribution in [2.75, 3.05) is 5.32 Å². The number of amides is 1. The molecule has 0 aliphatic carbocycles. The van der Waals surface area contributed by atoms with Crippen molar-refractivity contribution < 1.29 is 4.79 Å². The first-order valence-electron chi connectivity index (χ1n) is 5.88. The van der Waals surface area contributed by atoms with Gasteiger partial charge in [0.1, 0.15) is 11.9 Å². The predicted molar refractivity (Wildman–Crippen MR) is 70.1 cm³/mol. The highest BCUT2D eigenvalue weighted by Gasteiger charge is 2.14. The molecule has 0 aromatic carbocycles. The maximum atomic E-state index is 11.7. The summed E-state index contributed by atoms with van der Waals surface area (Å²) in [5.74, 6) is 0.449. The second kappa shape index (κ2) is 6.01. The Kier molecular flexibility index (Phi) is 4.67. The molecule has 96 valence electrons. The first-order chi connectivity index (χ1) is 8.42. The summed E-state index contributed by atoms with van der Waals surface area (Å²) in [7, 11) is 0. The Morgan fingerprint density at radius 1 is 1.39 bits per heavy atom. The topological polar surface area (TPSA) is 77.8 Å². The van der Waals surface area contributed by atoms with E-state index in [1.165, 1.54) is 0 Å². The fraction of sp³-hybridized carbons (Fsp3) is 0.462. The molecule has 2 N–H and O–H groups in total. The molecule has 5 heteroatoms. The lowest BCUT2D eigenvalue weighted by Crippen LogP contribution is -2.41. The normalized spacial score (nSPS) is 11.8. The smallest absolute Gasteiger partial charge is 0.242 e. The van der Waals surface area contributed by atoms with E-state index in [2.05, 4.69) is 21.7 Å². The van der Waals surface area contributed by atoms with Crippen LogP contribution in [0.15, 0.2) is 12.1 Å². The van der Waals surface area contributed by atoms with Crippen molar-refractivity contribution in [2.24, 2.45) is 0 Å². The average Bonchev–Trinajstić information content (AvgIpc) is 2.27. The van der Waals surface area contributed by atoms with E-state index < -0.39 is 6.04 Å². The fourth-order valence-corrected chi connectivity index (χ4v) is 1.50. The van der Waals surface area contributed by atoms with Crippen LogP contribution in [0.1, 0.15) is 32.0 Å². The minimum atomic E-state index is -0.395. The van der Waals surface area contributed by atoms with Crippen molar-refractivity contribution in [1.29, 1.82) is 5.26 Å². The van der Waals surface area contributed by atoms with E-state index in [-0.39, 0.29) is 11.9 Å². The van der Waals surface area contributed by atoms with E-state index in [1.54, 1.807) is 19.1 Å². The summed E-state index contributed by atoms with van der Waals surface area (Å²) >= 11 is 0. The van der Waals surface area contributed by atoms with E-state index in [4.69, 9.17) is 5.26 Å². The molecule has 1 aromatic rings. The van der Waals surface area contributed by atoms with E-state index in [0.29, 0.717) is 11.4 Å². The van der Waals surface area contributed by atoms with Crippen LogP contribution in [0, 0.1) is 18.3 Å². The van der Waals surface area contributed by atoms with Gasteiger partial charge in [0.15, 0.2) is 0 Å². The van der Waals surface area contributed by atoms with Crippen LogP contribution in [-0.2, 0) is 4.79 Å². The molecular formula is C13H18N4O. The Morgan fingerprint density at radius 2 is 2.06 bits per heavy atom. The van der Waals surface area contributed by atoms with Gasteiger partial charge in [-0.3, -0.25) is 4.79 Å². The van der Waals surface area contributed by atoms with Crippen LogP contribution in [-0.4, -0.2) is 23.0 Å². The van der Waals surface area contributed by atoms with Gasteiger partial charge in [-0.15, -0.1) is 0 Å². The summed E-state index contributed by atoms with van der Waals surface area (Å²) in [5.41, 5.74) is 1.27. The number of carbonyl (C=O) groups excluding carboxylic acids is 1. The molecule has 0 saturated heterocycles. The Labute approximate surface area is 107 Å². The van der Waals surface area contributed by atoms with E-state index in [9.17, 15) is 4.79 Å². The number of nitriles is 1. The first kappa shape index (κ1) is 14.0. The van der Waals surface area contributed by atoms with Crippen LogP contribution >= 0.6 is 0 Å². The third-order valence-electron chi connectivity index (χ3n) is 2.27. The van der Waals surface area contributed by atoms with Crippen LogP contribution in [0.5, 0.6) is 0 Å². The Morgan fingerprint density at radius 3 is 2.61 bits per heavy atom. The number of hydrogen-bond acceptors (Lipinski definition) is 4. The molecule has 5 nitrogen and oxygen atoms in total. The number of pyridine rings is 1. The zero-order chi connectivity index (χ0) is 13.7. The van der Waals surface area contributed by atoms with Gasteiger partial charge < -0.3 is 10.6 Å². The van der Waals surface area contributed by atoms with E-state index in [1.807, 2.05) is 20.8 Å². The highest BCUT2D eigenvalue weighted by Crippen LogP contribution is 2.10. The van der Waals surface area contributed by atoms with Crippen LogP contribution in [0.3, 0.4) is 0 Å². The number of nitrogens with zero attached hydrogens (tertiary/aromatic N) is 2. The molecule has 1 rings (SSSR count). The number of aromatic nitrogens is 1. The first-order valence-corrected chi connectivity index (χ1v) is 5.88. The van der Waals surface area contributed by atoms with Gasteiger partial charge in [-0.1, -0.05) is 0 Å². The molecule has 0 fully saturated rings. The van der Waals surface area contributed by atoms with Crippen LogP contribution in [0.25, 0.3) is 0 Å². The highest BCUT2D eigenvalue weighted by molar-refractivity contribution is 5.84. The van der Waals surface area contributed by atoms with Gasteiger partial charge in [0, 0.05) is 11.7 Å². The molecule has 0 radical (unpaired) electrons. The minimum absolute atomic E-state index is 0.0909. The monoisotopic (exact) mass is 246 g/mol. The van der Waals surface area contributed by atoms with Gasteiger partial charge in [-0.25, -0.2) is 4.98 Å². The molecule has 1 aromatic heterocycles. The average molecular weight is 246 g/mol. The van der Waals surface area contributed by atoms with Gasteiger partial charge in [0.05, 0.1) is 11.6 Å². The zero-order valence-electron chi connectivity index (χ0n) is 11.1. The molecule has 0 bridgehead atoms. The molecule has 18 heavy (non-hydrogen) atoms. The standard InChI is InChI=1S/C13H18N4O/c1-8(2)15-13(18)10(4)17-12-6-11(7-14)5-9(3)16-12/h5-6,8,10H,1-4H3,(H,15,18)(H,16,17). The third-order valence-corrected chi connectivity index (χ3v) is 2.27. The van der Waals surface area contributed by atoms with E-state index in [0.717, 1.165) is 5.69 Å². The van der Waals surface area contributed by atoms with Gasteiger partial charge in [0.25, 0.3) is 0 Å². The third kappa shape index (κ3) is 4.06. The molecule has 0 saturated carbocycles. The quantitative estimate of drug-likeness (QED) is 0.845. The largest absolute Gasteiger partial charge is 0.359 e. The highest BCUT2D eigenvalue weighted by atomic mass is 16.2. The zero-order valence-corrected chi connectivity index (χ0v) is 11.1. The van der Waals surface area contributed by atoms with Crippen LogP contribution in [0.4, 0.5) is 5.82 Å². The number of rotatable bonds is 4. The summed E-state index contributed by atoms with van der Waals surface area (Å²) in [6.07, 6.45) is 0. The van der Waals surface area contributed by atoms with Gasteiger partial charge in [-0.05, 0) is 39.8 Å².